The van der Waals surface area contributed by atoms with Crippen molar-refractivity contribution in [3.05, 3.63) is 0 Å². The van der Waals surface area contributed by atoms with E-state index in [-0.39, 0.29) is 5.54 Å². The first kappa shape index (κ1) is 16.3. The highest BCUT2D eigenvalue weighted by Gasteiger charge is 2.38. The molecule has 2 aliphatic rings. The molecular weight excluding hydrogens is 248 g/mol. The van der Waals surface area contributed by atoms with Crippen LogP contribution in [0.15, 0.2) is 0 Å². The number of hydrogen-bond donors (Lipinski definition) is 1. The topological polar surface area (TPSA) is 24.5 Å². The number of nitrogens with zero attached hydrogens (tertiary/aromatic N) is 1. The molecule has 0 aromatic carbocycles. The van der Waals surface area contributed by atoms with Crippen molar-refractivity contribution in [2.24, 2.45) is 5.41 Å². The standard InChI is InChI=1S/C17H34N2O/c1-4-18-13-17(9-7-5-6-8-10-17)14-19-11-12-20-15-16(19,2)3/h18H,4-15H2,1-3H3. The Morgan fingerprint density at radius 3 is 2.40 bits per heavy atom. The zero-order valence-electron chi connectivity index (χ0n) is 13.8. The molecule has 1 N–H and O–H groups in total. The van der Waals surface area contributed by atoms with E-state index in [1.807, 2.05) is 0 Å². The zero-order chi connectivity index (χ0) is 14.5. The van der Waals surface area contributed by atoms with E-state index in [9.17, 15) is 0 Å². The molecule has 3 heteroatoms. The Morgan fingerprint density at radius 1 is 1.10 bits per heavy atom. The Balaban J connectivity index is 2.05. The summed E-state index contributed by atoms with van der Waals surface area (Å²) in [5.74, 6) is 0. The summed E-state index contributed by atoms with van der Waals surface area (Å²) in [7, 11) is 0. The molecule has 0 amide bonds. The summed E-state index contributed by atoms with van der Waals surface area (Å²) in [6.45, 7) is 13.3. The minimum atomic E-state index is 0.198. The fourth-order valence-corrected chi connectivity index (χ4v) is 3.85. The van der Waals surface area contributed by atoms with Gasteiger partial charge in [-0.2, -0.15) is 0 Å². The summed E-state index contributed by atoms with van der Waals surface area (Å²) in [6.07, 6.45) is 8.48. The predicted molar refractivity (Wildman–Crippen MR) is 85.1 cm³/mol. The lowest BCUT2D eigenvalue weighted by molar-refractivity contribution is -0.0701. The van der Waals surface area contributed by atoms with E-state index in [1.54, 1.807) is 0 Å². The molecule has 118 valence electrons. The number of rotatable bonds is 5. The van der Waals surface area contributed by atoms with Gasteiger partial charge in [-0.05, 0) is 38.6 Å². The lowest BCUT2D eigenvalue weighted by Crippen LogP contribution is -2.57. The van der Waals surface area contributed by atoms with Crippen molar-refractivity contribution in [1.29, 1.82) is 0 Å². The van der Waals surface area contributed by atoms with Crippen molar-refractivity contribution in [1.82, 2.24) is 10.2 Å². The minimum absolute atomic E-state index is 0.198. The summed E-state index contributed by atoms with van der Waals surface area (Å²) < 4.78 is 5.69. The van der Waals surface area contributed by atoms with Crippen molar-refractivity contribution < 1.29 is 4.74 Å². The third kappa shape index (κ3) is 4.19. The van der Waals surface area contributed by atoms with Crippen LogP contribution in [0.5, 0.6) is 0 Å². The second-order valence-electron chi connectivity index (χ2n) is 7.48. The number of morpholine rings is 1. The smallest absolute Gasteiger partial charge is 0.0645 e. The van der Waals surface area contributed by atoms with Crippen molar-refractivity contribution in [2.75, 3.05) is 39.4 Å². The Morgan fingerprint density at radius 2 is 1.80 bits per heavy atom. The Hall–Kier alpha value is -0.120. The van der Waals surface area contributed by atoms with Gasteiger partial charge in [0.1, 0.15) is 0 Å². The molecule has 3 nitrogen and oxygen atoms in total. The quantitative estimate of drug-likeness (QED) is 0.784. The second kappa shape index (κ2) is 7.24. The van der Waals surface area contributed by atoms with Gasteiger partial charge in [0.25, 0.3) is 0 Å². The average molecular weight is 282 g/mol. The summed E-state index contributed by atoms with van der Waals surface area (Å²) in [6, 6.07) is 0. The van der Waals surface area contributed by atoms with Crippen LogP contribution >= 0.6 is 0 Å². The molecule has 0 atom stereocenters. The largest absolute Gasteiger partial charge is 0.378 e. The maximum Gasteiger partial charge on any atom is 0.0645 e. The minimum Gasteiger partial charge on any atom is -0.378 e. The van der Waals surface area contributed by atoms with Crippen LogP contribution in [0, 0.1) is 5.41 Å². The lowest BCUT2D eigenvalue weighted by atomic mass is 9.78. The third-order valence-electron chi connectivity index (χ3n) is 5.26. The molecule has 0 aromatic rings. The van der Waals surface area contributed by atoms with Crippen LogP contribution in [0.25, 0.3) is 0 Å². The molecule has 1 aliphatic heterocycles. The molecule has 0 radical (unpaired) electrons. The maximum atomic E-state index is 5.69. The third-order valence-corrected chi connectivity index (χ3v) is 5.26. The first-order valence-electron chi connectivity index (χ1n) is 8.62. The number of ether oxygens (including phenoxy) is 1. The van der Waals surface area contributed by atoms with Crippen molar-refractivity contribution in [3.63, 3.8) is 0 Å². The molecule has 0 bridgehead atoms. The Kier molecular flexibility index (Phi) is 5.88. The van der Waals surface area contributed by atoms with Crippen LogP contribution in [0.3, 0.4) is 0 Å². The molecule has 20 heavy (non-hydrogen) atoms. The summed E-state index contributed by atoms with van der Waals surface area (Å²) in [4.78, 5) is 2.69. The normalized spacial score (nSPS) is 27.1. The highest BCUT2D eigenvalue weighted by molar-refractivity contribution is 4.92. The highest BCUT2D eigenvalue weighted by atomic mass is 16.5. The van der Waals surface area contributed by atoms with Gasteiger partial charge in [-0.1, -0.05) is 32.6 Å². The van der Waals surface area contributed by atoms with Crippen LogP contribution in [-0.4, -0.2) is 49.8 Å². The van der Waals surface area contributed by atoms with Gasteiger partial charge >= 0.3 is 0 Å². The Labute approximate surface area is 125 Å². The van der Waals surface area contributed by atoms with Crippen LogP contribution in [-0.2, 0) is 4.74 Å². The SMILES string of the molecule is CCNCC1(CN2CCOCC2(C)C)CCCCCC1. The van der Waals surface area contributed by atoms with Crippen LogP contribution < -0.4 is 5.32 Å². The van der Waals surface area contributed by atoms with Crippen LogP contribution in [0.2, 0.25) is 0 Å². The molecule has 2 fully saturated rings. The monoisotopic (exact) mass is 282 g/mol. The van der Waals surface area contributed by atoms with Gasteiger partial charge in [0.15, 0.2) is 0 Å². The predicted octanol–water partition coefficient (Wildman–Crippen LogP) is 3.05. The van der Waals surface area contributed by atoms with Gasteiger partial charge in [-0.3, -0.25) is 4.90 Å². The van der Waals surface area contributed by atoms with E-state index in [0.717, 1.165) is 26.3 Å². The fraction of sp³-hybridized carbons (Fsp3) is 1.00. The second-order valence-corrected chi connectivity index (χ2v) is 7.48. The van der Waals surface area contributed by atoms with Gasteiger partial charge in [-0.25, -0.2) is 0 Å². The molecule has 1 heterocycles. The zero-order valence-corrected chi connectivity index (χ0v) is 13.8. The van der Waals surface area contributed by atoms with E-state index >= 15 is 0 Å². The summed E-state index contributed by atoms with van der Waals surface area (Å²) in [5, 5.41) is 3.65. The first-order valence-corrected chi connectivity index (χ1v) is 8.62. The highest BCUT2D eigenvalue weighted by Crippen LogP contribution is 2.37. The molecule has 1 aliphatic carbocycles. The van der Waals surface area contributed by atoms with E-state index in [1.165, 1.54) is 51.6 Å². The molecular formula is C17H34N2O. The number of hydrogen-bond acceptors (Lipinski definition) is 3. The summed E-state index contributed by atoms with van der Waals surface area (Å²) >= 11 is 0. The van der Waals surface area contributed by atoms with E-state index in [4.69, 9.17) is 4.74 Å². The van der Waals surface area contributed by atoms with Gasteiger partial charge in [0.2, 0.25) is 0 Å². The van der Waals surface area contributed by atoms with Crippen LogP contribution in [0.1, 0.15) is 59.3 Å². The molecule has 0 unspecified atom stereocenters. The molecule has 2 rings (SSSR count). The lowest BCUT2D eigenvalue weighted by Gasteiger charge is -2.47. The van der Waals surface area contributed by atoms with Gasteiger partial charge in [0, 0.05) is 25.2 Å². The maximum absolute atomic E-state index is 5.69. The van der Waals surface area contributed by atoms with Crippen molar-refractivity contribution in [2.45, 2.75) is 64.8 Å². The molecule has 0 spiro atoms. The Bertz CT molecular complexity index is 283. The van der Waals surface area contributed by atoms with E-state index in [0.29, 0.717) is 5.41 Å². The van der Waals surface area contributed by atoms with Gasteiger partial charge in [-0.15, -0.1) is 0 Å². The number of nitrogens with one attached hydrogen (secondary N) is 1. The van der Waals surface area contributed by atoms with Crippen molar-refractivity contribution in [3.8, 4) is 0 Å². The van der Waals surface area contributed by atoms with E-state index in [2.05, 4.69) is 31.0 Å². The average Bonchev–Trinajstić information content (AvgIpc) is 2.65. The van der Waals surface area contributed by atoms with Crippen molar-refractivity contribution >= 4 is 0 Å². The molecule has 1 saturated carbocycles. The summed E-state index contributed by atoms with van der Waals surface area (Å²) in [5.41, 5.74) is 0.685. The molecule has 0 aromatic heterocycles. The first-order chi connectivity index (χ1) is 9.58. The van der Waals surface area contributed by atoms with E-state index < -0.39 is 0 Å². The fourth-order valence-electron chi connectivity index (χ4n) is 3.85. The molecule has 1 saturated heterocycles. The van der Waals surface area contributed by atoms with Gasteiger partial charge < -0.3 is 10.1 Å². The van der Waals surface area contributed by atoms with Crippen LogP contribution in [0.4, 0.5) is 0 Å². The van der Waals surface area contributed by atoms with Gasteiger partial charge in [0.05, 0.1) is 13.2 Å².